The van der Waals surface area contributed by atoms with Crippen molar-refractivity contribution in [2.45, 2.75) is 13.8 Å². The molecule has 1 aromatic rings. The molecule has 0 bridgehead atoms. The summed E-state index contributed by atoms with van der Waals surface area (Å²) in [5.74, 6) is 0.458. The van der Waals surface area contributed by atoms with Gasteiger partial charge < -0.3 is 10.6 Å². The minimum absolute atomic E-state index is 0.0346. The highest BCUT2D eigenvalue weighted by atomic mass is 35.5. The number of hydrogen-bond acceptors (Lipinski definition) is 2. The van der Waals surface area contributed by atoms with Gasteiger partial charge in [0.15, 0.2) is 0 Å². The maximum absolute atomic E-state index is 12.1. The summed E-state index contributed by atoms with van der Waals surface area (Å²) in [5, 5.41) is 6.71. The minimum Gasteiger partial charge on any atom is -0.324 e. The zero-order valence-electron chi connectivity index (χ0n) is 10.1. The van der Waals surface area contributed by atoms with Crippen LogP contribution in [0, 0.1) is 18.8 Å². The molecule has 0 saturated carbocycles. The highest BCUT2D eigenvalue weighted by molar-refractivity contribution is 6.33. The average molecular weight is 253 g/mol. The van der Waals surface area contributed by atoms with Crippen molar-refractivity contribution in [1.29, 1.82) is 0 Å². The second-order valence-electron chi connectivity index (χ2n) is 4.71. The SMILES string of the molecule is Cc1ccc(NC(=O)C2CNCC2C)c(Cl)c1. The van der Waals surface area contributed by atoms with E-state index in [4.69, 9.17) is 11.6 Å². The highest BCUT2D eigenvalue weighted by Gasteiger charge is 2.29. The molecular weight excluding hydrogens is 236 g/mol. The lowest BCUT2D eigenvalue weighted by Crippen LogP contribution is -2.27. The second kappa shape index (κ2) is 5.07. The third-order valence-electron chi connectivity index (χ3n) is 3.24. The van der Waals surface area contributed by atoms with Gasteiger partial charge in [-0.3, -0.25) is 4.79 Å². The number of benzene rings is 1. The molecule has 1 fully saturated rings. The maximum Gasteiger partial charge on any atom is 0.229 e. The van der Waals surface area contributed by atoms with Gasteiger partial charge in [0.1, 0.15) is 0 Å². The summed E-state index contributed by atoms with van der Waals surface area (Å²) in [6, 6.07) is 5.65. The summed E-state index contributed by atoms with van der Waals surface area (Å²) < 4.78 is 0. The molecule has 2 N–H and O–H groups in total. The number of nitrogens with one attached hydrogen (secondary N) is 2. The van der Waals surface area contributed by atoms with Crippen molar-refractivity contribution in [3.8, 4) is 0 Å². The number of carbonyl (C=O) groups excluding carboxylic acids is 1. The number of hydrogen-bond donors (Lipinski definition) is 2. The van der Waals surface area contributed by atoms with Crippen molar-refractivity contribution in [3.05, 3.63) is 28.8 Å². The first kappa shape index (κ1) is 12.4. The van der Waals surface area contributed by atoms with E-state index in [2.05, 4.69) is 17.6 Å². The minimum atomic E-state index is 0.0346. The summed E-state index contributed by atoms with van der Waals surface area (Å²) in [4.78, 5) is 12.1. The topological polar surface area (TPSA) is 41.1 Å². The summed E-state index contributed by atoms with van der Waals surface area (Å²) in [7, 11) is 0. The fourth-order valence-electron chi connectivity index (χ4n) is 2.11. The zero-order valence-corrected chi connectivity index (χ0v) is 10.8. The van der Waals surface area contributed by atoms with E-state index in [1.807, 2.05) is 25.1 Å². The largest absolute Gasteiger partial charge is 0.324 e. The van der Waals surface area contributed by atoms with E-state index in [-0.39, 0.29) is 11.8 Å². The molecule has 2 rings (SSSR count). The Kier molecular flexibility index (Phi) is 3.69. The molecule has 2 atom stereocenters. The Bertz CT molecular complexity index is 433. The Morgan fingerprint density at radius 2 is 2.24 bits per heavy atom. The summed E-state index contributed by atoms with van der Waals surface area (Å²) in [5.41, 5.74) is 1.78. The van der Waals surface area contributed by atoms with Gasteiger partial charge in [-0.05, 0) is 37.1 Å². The number of rotatable bonds is 2. The monoisotopic (exact) mass is 252 g/mol. The fourth-order valence-corrected chi connectivity index (χ4v) is 2.39. The third kappa shape index (κ3) is 2.79. The molecule has 0 radical (unpaired) electrons. The Morgan fingerprint density at radius 1 is 1.47 bits per heavy atom. The van der Waals surface area contributed by atoms with Crippen molar-refractivity contribution in [2.75, 3.05) is 18.4 Å². The van der Waals surface area contributed by atoms with Crippen LogP contribution in [-0.4, -0.2) is 19.0 Å². The smallest absolute Gasteiger partial charge is 0.229 e. The second-order valence-corrected chi connectivity index (χ2v) is 5.12. The Labute approximate surface area is 107 Å². The van der Waals surface area contributed by atoms with Gasteiger partial charge in [0, 0.05) is 6.54 Å². The molecule has 0 aliphatic carbocycles. The van der Waals surface area contributed by atoms with Crippen LogP contribution in [0.15, 0.2) is 18.2 Å². The normalized spacial score (nSPS) is 23.7. The number of amides is 1. The van der Waals surface area contributed by atoms with E-state index in [9.17, 15) is 4.79 Å². The molecule has 1 aliphatic rings. The first-order valence-corrected chi connectivity index (χ1v) is 6.23. The number of halogens is 1. The van der Waals surface area contributed by atoms with Gasteiger partial charge in [-0.15, -0.1) is 0 Å². The zero-order chi connectivity index (χ0) is 12.4. The van der Waals surface area contributed by atoms with E-state index >= 15 is 0 Å². The van der Waals surface area contributed by atoms with Crippen LogP contribution in [-0.2, 0) is 4.79 Å². The van der Waals surface area contributed by atoms with E-state index in [1.54, 1.807) is 0 Å². The van der Waals surface area contributed by atoms with Crippen LogP contribution in [0.4, 0.5) is 5.69 Å². The number of anilines is 1. The first-order valence-electron chi connectivity index (χ1n) is 5.85. The molecule has 17 heavy (non-hydrogen) atoms. The van der Waals surface area contributed by atoms with Gasteiger partial charge in [0.25, 0.3) is 0 Å². The van der Waals surface area contributed by atoms with Crippen LogP contribution < -0.4 is 10.6 Å². The predicted octanol–water partition coefficient (Wildman–Crippen LogP) is 2.44. The molecular formula is C13H17ClN2O. The molecule has 1 heterocycles. The van der Waals surface area contributed by atoms with E-state index in [1.165, 1.54) is 0 Å². The number of aryl methyl sites for hydroxylation is 1. The quantitative estimate of drug-likeness (QED) is 0.849. The first-order chi connectivity index (χ1) is 8.08. The van der Waals surface area contributed by atoms with Gasteiger partial charge in [-0.1, -0.05) is 24.6 Å². The van der Waals surface area contributed by atoms with Gasteiger partial charge in [0.2, 0.25) is 5.91 Å². The van der Waals surface area contributed by atoms with Gasteiger partial charge >= 0.3 is 0 Å². The molecule has 0 aromatic heterocycles. The van der Waals surface area contributed by atoms with E-state index in [0.717, 1.165) is 18.7 Å². The van der Waals surface area contributed by atoms with Crippen LogP contribution in [0.2, 0.25) is 5.02 Å². The molecule has 1 aromatic carbocycles. The molecule has 4 heteroatoms. The molecule has 1 saturated heterocycles. The van der Waals surface area contributed by atoms with Crippen LogP contribution in [0.3, 0.4) is 0 Å². The van der Waals surface area contributed by atoms with Crippen molar-refractivity contribution in [2.24, 2.45) is 11.8 Å². The average Bonchev–Trinajstić information content (AvgIpc) is 2.68. The Hall–Kier alpha value is -1.06. The molecule has 1 amide bonds. The predicted molar refractivity (Wildman–Crippen MR) is 70.3 cm³/mol. The van der Waals surface area contributed by atoms with Gasteiger partial charge in [0.05, 0.1) is 16.6 Å². The Balaban J connectivity index is 2.07. The number of carbonyl (C=O) groups is 1. The molecule has 1 aliphatic heterocycles. The summed E-state index contributed by atoms with van der Waals surface area (Å²) in [6.45, 7) is 5.71. The molecule has 92 valence electrons. The third-order valence-corrected chi connectivity index (χ3v) is 3.55. The summed E-state index contributed by atoms with van der Waals surface area (Å²) in [6.07, 6.45) is 0. The lowest BCUT2D eigenvalue weighted by molar-refractivity contribution is -0.120. The van der Waals surface area contributed by atoms with Gasteiger partial charge in [-0.25, -0.2) is 0 Å². The maximum atomic E-state index is 12.1. The van der Waals surface area contributed by atoms with Crippen LogP contribution >= 0.6 is 11.6 Å². The van der Waals surface area contributed by atoms with Crippen molar-refractivity contribution >= 4 is 23.2 Å². The van der Waals surface area contributed by atoms with E-state index < -0.39 is 0 Å². The lowest BCUT2D eigenvalue weighted by atomic mass is 9.97. The van der Waals surface area contributed by atoms with Crippen LogP contribution in [0.1, 0.15) is 12.5 Å². The lowest BCUT2D eigenvalue weighted by Gasteiger charge is -2.15. The van der Waals surface area contributed by atoms with Crippen molar-refractivity contribution in [3.63, 3.8) is 0 Å². The van der Waals surface area contributed by atoms with Crippen LogP contribution in [0.25, 0.3) is 0 Å². The van der Waals surface area contributed by atoms with Crippen LogP contribution in [0.5, 0.6) is 0 Å². The summed E-state index contributed by atoms with van der Waals surface area (Å²) >= 11 is 6.09. The van der Waals surface area contributed by atoms with Gasteiger partial charge in [-0.2, -0.15) is 0 Å². The van der Waals surface area contributed by atoms with Crippen molar-refractivity contribution in [1.82, 2.24) is 5.32 Å². The Morgan fingerprint density at radius 3 is 2.82 bits per heavy atom. The molecule has 3 nitrogen and oxygen atoms in total. The molecule has 0 spiro atoms. The van der Waals surface area contributed by atoms with E-state index in [0.29, 0.717) is 16.6 Å². The molecule has 2 unspecified atom stereocenters. The standard InChI is InChI=1S/C13H17ClN2O/c1-8-3-4-12(11(14)5-8)16-13(17)10-7-15-6-9(10)2/h3-5,9-10,15H,6-7H2,1-2H3,(H,16,17). The fraction of sp³-hybridized carbons (Fsp3) is 0.462. The van der Waals surface area contributed by atoms with Crippen molar-refractivity contribution < 1.29 is 4.79 Å². The highest BCUT2D eigenvalue weighted by Crippen LogP contribution is 2.25.